The summed E-state index contributed by atoms with van der Waals surface area (Å²) in [7, 11) is 0. The summed E-state index contributed by atoms with van der Waals surface area (Å²) in [6.07, 6.45) is 8.08. The summed E-state index contributed by atoms with van der Waals surface area (Å²) in [6.45, 7) is 6.59. The Morgan fingerprint density at radius 1 is 1.24 bits per heavy atom. The molecule has 0 bridgehead atoms. The number of carbonyl (C=O) groups is 2. The van der Waals surface area contributed by atoms with Crippen molar-refractivity contribution < 1.29 is 14.0 Å². The van der Waals surface area contributed by atoms with Gasteiger partial charge in [-0.3, -0.25) is 19.5 Å². The minimum atomic E-state index is -0.0736. The summed E-state index contributed by atoms with van der Waals surface area (Å²) in [6, 6.07) is 3.87. The van der Waals surface area contributed by atoms with Crippen LogP contribution in [0, 0.1) is 5.41 Å². The predicted octanol–water partition coefficient (Wildman–Crippen LogP) is 2.54. The van der Waals surface area contributed by atoms with Gasteiger partial charge in [0.1, 0.15) is 0 Å². The number of likely N-dealkylation sites (tertiary alicyclic amines) is 2. The molecule has 2 aromatic heterocycles. The molecule has 1 N–H and O–H groups in total. The fourth-order valence-corrected chi connectivity index (χ4v) is 5.07. The molecule has 176 valence electrons. The molecule has 4 heterocycles. The maximum Gasteiger partial charge on any atom is 0.255 e. The van der Waals surface area contributed by atoms with Crippen molar-refractivity contribution in [2.24, 2.45) is 5.41 Å². The number of hydrogen-bond donors (Lipinski definition) is 1. The topological polar surface area (TPSA) is 104 Å². The second-order valence-electron chi connectivity index (χ2n) is 10.1. The molecule has 0 aromatic carbocycles. The Kier molecular flexibility index (Phi) is 5.90. The molecular weight excluding hydrogens is 420 g/mol. The maximum absolute atomic E-state index is 12.9. The van der Waals surface area contributed by atoms with Gasteiger partial charge in [-0.1, -0.05) is 13.8 Å². The molecule has 2 aromatic rings. The Morgan fingerprint density at radius 2 is 2.03 bits per heavy atom. The van der Waals surface area contributed by atoms with E-state index in [1.54, 1.807) is 18.5 Å². The molecule has 9 heteroatoms. The monoisotopic (exact) mass is 452 g/mol. The van der Waals surface area contributed by atoms with E-state index in [1.165, 1.54) is 0 Å². The Hall–Kier alpha value is -2.81. The third-order valence-electron chi connectivity index (χ3n) is 7.15. The second-order valence-corrected chi connectivity index (χ2v) is 10.1. The first-order chi connectivity index (χ1) is 15.9. The van der Waals surface area contributed by atoms with Crippen LogP contribution in [0.4, 0.5) is 0 Å². The zero-order valence-corrected chi connectivity index (χ0v) is 19.4. The number of amides is 2. The molecule has 5 rings (SSSR count). The molecule has 1 atom stereocenters. The molecule has 3 fully saturated rings. The van der Waals surface area contributed by atoms with E-state index in [1.807, 2.05) is 24.8 Å². The fraction of sp³-hybridized carbons (Fsp3) is 0.625. The first kappa shape index (κ1) is 22.0. The Balaban J connectivity index is 1.29. The molecule has 1 unspecified atom stereocenters. The Labute approximate surface area is 193 Å². The average Bonchev–Trinajstić information content (AvgIpc) is 3.36. The third-order valence-corrected chi connectivity index (χ3v) is 7.15. The smallest absolute Gasteiger partial charge is 0.255 e. The van der Waals surface area contributed by atoms with Crippen molar-refractivity contribution in [1.29, 1.82) is 0 Å². The van der Waals surface area contributed by atoms with E-state index < -0.39 is 0 Å². The van der Waals surface area contributed by atoms with Crippen LogP contribution in [0.5, 0.6) is 0 Å². The van der Waals surface area contributed by atoms with Gasteiger partial charge >= 0.3 is 0 Å². The average molecular weight is 453 g/mol. The summed E-state index contributed by atoms with van der Waals surface area (Å²) in [4.78, 5) is 33.7. The lowest BCUT2D eigenvalue weighted by Crippen LogP contribution is -2.45. The number of pyridine rings is 1. The van der Waals surface area contributed by atoms with Crippen LogP contribution in [0.3, 0.4) is 0 Å². The van der Waals surface area contributed by atoms with E-state index in [0.29, 0.717) is 43.0 Å². The van der Waals surface area contributed by atoms with Gasteiger partial charge < -0.3 is 14.6 Å². The number of nitrogens with one attached hydrogen (secondary N) is 1. The lowest BCUT2D eigenvalue weighted by molar-refractivity contribution is -0.122. The van der Waals surface area contributed by atoms with Crippen LogP contribution >= 0.6 is 0 Å². The van der Waals surface area contributed by atoms with E-state index >= 15 is 0 Å². The highest BCUT2D eigenvalue weighted by Crippen LogP contribution is 2.48. The van der Waals surface area contributed by atoms with Gasteiger partial charge in [0.05, 0.1) is 18.2 Å². The molecule has 33 heavy (non-hydrogen) atoms. The van der Waals surface area contributed by atoms with Crippen molar-refractivity contribution in [3.63, 3.8) is 0 Å². The first-order valence-electron chi connectivity index (χ1n) is 12.0. The number of rotatable bonds is 6. The summed E-state index contributed by atoms with van der Waals surface area (Å²) in [5.41, 5.74) is 0.658. The zero-order chi connectivity index (χ0) is 23.0. The van der Waals surface area contributed by atoms with E-state index in [-0.39, 0.29) is 29.2 Å². The maximum atomic E-state index is 12.9. The van der Waals surface area contributed by atoms with Crippen LogP contribution < -0.4 is 5.32 Å². The molecule has 0 radical (unpaired) electrons. The number of nitrogens with zero attached hydrogens (tertiary/aromatic N) is 5. The summed E-state index contributed by atoms with van der Waals surface area (Å²) < 4.78 is 6.02. The van der Waals surface area contributed by atoms with Crippen molar-refractivity contribution >= 4 is 11.8 Å². The number of aromatic nitrogens is 3. The zero-order valence-electron chi connectivity index (χ0n) is 19.4. The van der Waals surface area contributed by atoms with Crippen molar-refractivity contribution in [2.75, 3.05) is 26.2 Å². The molecule has 2 saturated heterocycles. The third kappa shape index (κ3) is 4.78. The normalized spacial score (nSPS) is 22.8. The van der Waals surface area contributed by atoms with Gasteiger partial charge in [0.15, 0.2) is 0 Å². The molecule has 2 amide bonds. The summed E-state index contributed by atoms with van der Waals surface area (Å²) in [5, 5.41) is 11.7. The van der Waals surface area contributed by atoms with Gasteiger partial charge in [0.2, 0.25) is 17.7 Å². The van der Waals surface area contributed by atoms with Crippen molar-refractivity contribution in [3.8, 4) is 0 Å². The lowest BCUT2D eigenvalue weighted by Gasteiger charge is -2.39. The number of hydrogen-bond acceptors (Lipinski definition) is 7. The van der Waals surface area contributed by atoms with Crippen molar-refractivity contribution in [1.82, 2.24) is 30.3 Å². The molecule has 9 nitrogen and oxygen atoms in total. The minimum Gasteiger partial charge on any atom is -0.423 e. The molecular formula is C24H32N6O3. The molecule has 3 aliphatic rings. The van der Waals surface area contributed by atoms with Crippen LogP contribution in [0.1, 0.15) is 80.1 Å². The van der Waals surface area contributed by atoms with Gasteiger partial charge in [-0.25, -0.2) is 0 Å². The highest BCUT2D eigenvalue weighted by molar-refractivity contribution is 5.93. The quantitative estimate of drug-likeness (QED) is 0.718. The second kappa shape index (κ2) is 8.85. The standard InChI is InChI=1S/C24H32N6O3/c1-16(2)21-27-28-22(33-21)19-12-24(15-30(19)14-20(31)26-18-5-6-18)7-10-29(11-8-24)23(32)17-4-3-9-25-13-17/h3-4,9,13,16,18-19H,5-8,10-12,14-15H2,1-2H3,(H,26,31). The highest BCUT2D eigenvalue weighted by atomic mass is 16.4. The number of carbonyl (C=O) groups excluding carboxylic acids is 2. The SMILES string of the molecule is CC(C)c1nnc(C2CC3(CCN(C(=O)c4cccnc4)CC3)CN2CC(=O)NC2CC2)o1. The van der Waals surface area contributed by atoms with Gasteiger partial charge in [0, 0.05) is 44.0 Å². The van der Waals surface area contributed by atoms with E-state index in [0.717, 1.165) is 38.6 Å². The van der Waals surface area contributed by atoms with Gasteiger partial charge in [-0.15, -0.1) is 10.2 Å². The fourth-order valence-electron chi connectivity index (χ4n) is 5.07. The molecule has 1 spiro atoms. The Morgan fingerprint density at radius 3 is 2.67 bits per heavy atom. The molecule has 1 saturated carbocycles. The van der Waals surface area contributed by atoms with Crippen LogP contribution in [-0.4, -0.2) is 69.0 Å². The van der Waals surface area contributed by atoms with E-state index in [9.17, 15) is 9.59 Å². The Bertz CT molecular complexity index is 995. The van der Waals surface area contributed by atoms with Crippen LogP contribution in [-0.2, 0) is 4.79 Å². The number of piperidine rings is 1. The molecule has 2 aliphatic heterocycles. The van der Waals surface area contributed by atoms with Gasteiger partial charge in [-0.05, 0) is 49.7 Å². The van der Waals surface area contributed by atoms with Crippen molar-refractivity contribution in [3.05, 3.63) is 41.9 Å². The van der Waals surface area contributed by atoms with Crippen LogP contribution in [0.15, 0.2) is 28.9 Å². The largest absolute Gasteiger partial charge is 0.423 e. The van der Waals surface area contributed by atoms with Gasteiger partial charge in [0.25, 0.3) is 5.91 Å². The van der Waals surface area contributed by atoms with Crippen LogP contribution in [0.25, 0.3) is 0 Å². The van der Waals surface area contributed by atoms with Crippen molar-refractivity contribution in [2.45, 2.75) is 64.0 Å². The highest BCUT2D eigenvalue weighted by Gasteiger charge is 2.48. The van der Waals surface area contributed by atoms with E-state index in [2.05, 4.69) is 25.4 Å². The predicted molar refractivity (Wildman–Crippen MR) is 120 cm³/mol. The van der Waals surface area contributed by atoms with Crippen LogP contribution in [0.2, 0.25) is 0 Å². The summed E-state index contributed by atoms with van der Waals surface area (Å²) >= 11 is 0. The molecule has 1 aliphatic carbocycles. The first-order valence-corrected chi connectivity index (χ1v) is 12.0. The summed E-state index contributed by atoms with van der Waals surface area (Å²) in [5.74, 6) is 1.49. The van der Waals surface area contributed by atoms with Gasteiger partial charge in [-0.2, -0.15) is 0 Å². The lowest BCUT2D eigenvalue weighted by atomic mass is 9.76. The minimum absolute atomic E-state index is 0.0305. The van der Waals surface area contributed by atoms with E-state index in [4.69, 9.17) is 4.42 Å².